The molecule has 0 saturated heterocycles. The summed E-state index contributed by atoms with van der Waals surface area (Å²) in [6.45, 7) is 3.78. The maximum Gasteiger partial charge on any atom is 0.177 e. The minimum Gasteiger partial charge on any atom is -0.453 e. The van der Waals surface area contributed by atoms with Gasteiger partial charge in [-0.2, -0.15) is 0 Å². The molecule has 0 aliphatic rings. The molecule has 0 fully saturated rings. The van der Waals surface area contributed by atoms with E-state index in [1.165, 1.54) is 0 Å². The fourth-order valence-electron chi connectivity index (χ4n) is 1.13. The predicted molar refractivity (Wildman–Crippen MR) is 52.9 cm³/mol. The molecule has 2 nitrogen and oxygen atoms in total. The standard InChI is InChI=1S/C12H10O2/c1-9-3-5-11(13-9)7-8-12-6-4-10(2)14-12/h3-6H,1-2H3. The van der Waals surface area contributed by atoms with Crippen LogP contribution in [0.1, 0.15) is 23.0 Å². The molecular weight excluding hydrogens is 176 g/mol. The first-order valence-corrected chi connectivity index (χ1v) is 4.39. The molecule has 2 heteroatoms. The number of hydrogen-bond donors (Lipinski definition) is 0. The molecule has 0 aromatic carbocycles. The predicted octanol–water partition coefficient (Wildman–Crippen LogP) is 2.89. The van der Waals surface area contributed by atoms with Crippen molar-refractivity contribution in [2.75, 3.05) is 0 Å². The Hall–Kier alpha value is -1.88. The van der Waals surface area contributed by atoms with Crippen molar-refractivity contribution < 1.29 is 8.83 Å². The Morgan fingerprint density at radius 3 is 1.50 bits per heavy atom. The van der Waals surface area contributed by atoms with Crippen LogP contribution in [-0.4, -0.2) is 0 Å². The molecule has 0 N–H and O–H groups in total. The minimum atomic E-state index is 0.663. The Morgan fingerprint density at radius 1 is 0.786 bits per heavy atom. The summed E-state index contributed by atoms with van der Waals surface area (Å²) in [4.78, 5) is 0. The summed E-state index contributed by atoms with van der Waals surface area (Å²) in [7, 11) is 0. The van der Waals surface area contributed by atoms with Crippen molar-refractivity contribution in [3.8, 4) is 11.8 Å². The molecule has 0 radical (unpaired) electrons. The molecule has 14 heavy (non-hydrogen) atoms. The van der Waals surface area contributed by atoms with E-state index in [1.807, 2.05) is 38.1 Å². The Bertz CT molecular complexity index is 447. The Morgan fingerprint density at radius 2 is 1.21 bits per heavy atom. The Kier molecular flexibility index (Phi) is 2.16. The van der Waals surface area contributed by atoms with Crippen molar-refractivity contribution in [3.63, 3.8) is 0 Å². The van der Waals surface area contributed by atoms with Crippen molar-refractivity contribution in [1.29, 1.82) is 0 Å². The lowest BCUT2D eigenvalue weighted by Crippen LogP contribution is -1.67. The lowest BCUT2D eigenvalue weighted by atomic mass is 10.4. The number of furan rings is 2. The second-order valence-corrected chi connectivity index (χ2v) is 3.07. The SMILES string of the molecule is Cc1ccc(C#Cc2ccc(C)o2)o1. The van der Waals surface area contributed by atoms with E-state index in [1.54, 1.807) is 0 Å². The quantitative estimate of drug-likeness (QED) is 0.591. The second-order valence-electron chi connectivity index (χ2n) is 3.07. The van der Waals surface area contributed by atoms with Gasteiger partial charge in [0.05, 0.1) is 0 Å². The monoisotopic (exact) mass is 186 g/mol. The van der Waals surface area contributed by atoms with Crippen molar-refractivity contribution >= 4 is 0 Å². The molecule has 2 aromatic heterocycles. The van der Waals surface area contributed by atoms with Gasteiger partial charge in [0.1, 0.15) is 11.5 Å². The van der Waals surface area contributed by atoms with Gasteiger partial charge >= 0.3 is 0 Å². The molecule has 2 rings (SSSR count). The van der Waals surface area contributed by atoms with E-state index in [0.717, 1.165) is 11.5 Å². The van der Waals surface area contributed by atoms with Crippen LogP contribution < -0.4 is 0 Å². The molecule has 70 valence electrons. The smallest absolute Gasteiger partial charge is 0.177 e. The minimum absolute atomic E-state index is 0.663. The molecule has 2 heterocycles. The topological polar surface area (TPSA) is 26.3 Å². The highest BCUT2D eigenvalue weighted by molar-refractivity contribution is 5.34. The van der Waals surface area contributed by atoms with Crippen LogP contribution in [0.4, 0.5) is 0 Å². The molecular formula is C12H10O2. The first kappa shape index (κ1) is 8.71. The number of hydrogen-bond acceptors (Lipinski definition) is 2. The average molecular weight is 186 g/mol. The lowest BCUT2D eigenvalue weighted by molar-refractivity contribution is 0.518. The first-order valence-electron chi connectivity index (χ1n) is 4.39. The van der Waals surface area contributed by atoms with E-state index in [9.17, 15) is 0 Å². The van der Waals surface area contributed by atoms with Gasteiger partial charge in [-0.05, 0) is 50.0 Å². The maximum absolute atomic E-state index is 5.30. The number of aryl methyl sites for hydroxylation is 2. The van der Waals surface area contributed by atoms with Crippen molar-refractivity contribution in [2.45, 2.75) is 13.8 Å². The van der Waals surface area contributed by atoms with Crippen molar-refractivity contribution in [3.05, 3.63) is 47.3 Å². The van der Waals surface area contributed by atoms with Crippen LogP contribution in [0.2, 0.25) is 0 Å². The largest absolute Gasteiger partial charge is 0.453 e. The van der Waals surface area contributed by atoms with Crippen LogP contribution in [0.3, 0.4) is 0 Å². The van der Waals surface area contributed by atoms with Gasteiger partial charge < -0.3 is 8.83 Å². The van der Waals surface area contributed by atoms with Crippen molar-refractivity contribution in [1.82, 2.24) is 0 Å². The molecule has 0 unspecified atom stereocenters. The summed E-state index contributed by atoms with van der Waals surface area (Å²) in [6.07, 6.45) is 0. The fraction of sp³-hybridized carbons (Fsp3) is 0.167. The van der Waals surface area contributed by atoms with Crippen LogP contribution in [0, 0.1) is 25.7 Å². The lowest BCUT2D eigenvalue weighted by Gasteiger charge is -1.81. The van der Waals surface area contributed by atoms with E-state index >= 15 is 0 Å². The van der Waals surface area contributed by atoms with Crippen LogP contribution >= 0.6 is 0 Å². The average Bonchev–Trinajstić information content (AvgIpc) is 2.72. The summed E-state index contributed by atoms with van der Waals surface area (Å²) in [6, 6.07) is 7.46. The van der Waals surface area contributed by atoms with Gasteiger partial charge in [-0.25, -0.2) is 0 Å². The normalized spacial score (nSPS) is 9.57. The van der Waals surface area contributed by atoms with Gasteiger partial charge in [0.25, 0.3) is 0 Å². The van der Waals surface area contributed by atoms with E-state index in [2.05, 4.69) is 11.8 Å². The third-order valence-electron chi connectivity index (χ3n) is 1.79. The molecule has 0 aliphatic heterocycles. The van der Waals surface area contributed by atoms with Crippen molar-refractivity contribution in [2.24, 2.45) is 0 Å². The van der Waals surface area contributed by atoms with Crippen LogP contribution in [-0.2, 0) is 0 Å². The molecule has 0 aliphatic carbocycles. The number of rotatable bonds is 0. The third-order valence-corrected chi connectivity index (χ3v) is 1.79. The summed E-state index contributed by atoms with van der Waals surface area (Å²) in [5, 5.41) is 0. The summed E-state index contributed by atoms with van der Waals surface area (Å²) < 4.78 is 10.6. The van der Waals surface area contributed by atoms with Gasteiger partial charge in [-0.3, -0.25) is 0 Å². The summed E-state index contributed by atoms with van der Waals surface area (Å²) in [5.74, 6) is 8.83. The highest BCUT2D eigenvalue weighted by Gasteiger charge is 1.94. The fourth-order valence-corrected chi connectivity index (χ4v) is 1.13. The summed E-state index contributed by atoms with van der Waals surface area (Å²) >= 11 is 0. The van der Waals surface area contributed by atoms with Crippen LogP contribution in [0.15, 0.2) is 33.1 Å². The maximum atomic E-state index is 5.30. The molecule has 0 bridgehead atoms. The zero-order chi connectivity index (χ0) is 9.97. The van der Waals surface area contributed by atoms with Gasteiger partial charge in [0.2, 0.25) is 0 Å². The highest BCUT2D eigenvalue weighted by atomic mass is 16.3. The third kappa shape index (κ3) is 1.89. The zero-order valence-electron chi connectivity index (χ0n) is 8.13. The molecule has 0 atom stereocenters. The van der Waals surface area contributed by atoms with E-state index in [4.69, 9.17) is 8.83 Å². The van der Waals surface area contributed by atoms with E-state index in [0.29, 0.717) is 11.5 Å². The van der Waals surface area contributed by atoms with Crippen LogP contribution in [0.25, 0.3) is 0 Å². The Balaban J connectivity index is 2.22. The summed E-state index contributed by atoms with van der Waals surface area (Å²) in [5.41, 5.74) is 0. The first-order chi connectivity index (χ1) is 6.74. The zero-order valence-corrected chi connectivity index (χ0v) is 8.13. The highest BCUT2D eigenvalue weighted by Crippen LogP contribution is 2.06. The molecule has 0 saturated carbocycles. The molecule has 2 aromatic rings. The molecule has 0 spiro atoms. The van der Waals surface area contributed by atoms with Gasteiger partial charge in [-0.15, -0.1) is 0 Å². The molecule has 0 amide bonds. The van der Waals surface area contributed by atoms with Crippen LogP contribution in [0.5, 0.6) is 0 Å². The van der Waals surface area contributed by atoms with Gasteiger partial charge in [-0.1, -0.05) is 0 Å². The van der Waals surface area contributed by atoms with Gasteiger partial charge in [0.15, 0.2) is 11.5 Å². The van der Waals surface area contributed by atoms with E-state index in [-0.39, 0.29) is 0 Å². The van der Waals surface area contributed by atoms with Gasteiger partial charge in [0, 0.05) is 0 Å². The van der Waals surface area contributed by atoms with E-state index < -0.39 is 0 Å². The Labute approximate surface area is 82.5 Å². The second kappa shape index (κ2) is 3.47.